The molecule has 0 radical (unpaired) electrons. The summed E-state index contributed by atoms with van der Waals surface area (Å²) in [4.78, 5) is 25.2. The van der Waals surface area contributed by atoms with E-state index >= 15 is 0 Å². The third-order valence-electron chi connectivity index (χ3n) is 4.02. The first kappa shape index (κ1) is 14.1. The summed E-state index contributed by atoms with van der Waals surface area (Å²) < 4.78 is 0. The zero-order chi connectivity index (χ0) is 14.8. The van der Waals surface area contributed by atoms with Gasteiger partial charge in [-0.1, -0.05) is 0 Å². The van der Waals surface area contributed by atoms with Crippen LogP contribution < -0.4 is 10.2 Å². The number of aryl methyl sites for hydroxylation is 1. The third kappa shape index (κ3) is 3.25. The number of hydrogen-bond acceptors (Lipinski definition) is 5. The molecule has 2 fully saturated rings. The topological polar surface area (TPSA) is 61.4 Å². The quantitative estimate of drug-likeness (QED) is 0.904. The molecular weight excluding hydrogens is 266 g/mol. The Kier molecular flexibility index (Phi) is 3.94. The molecule has 1 aliphatic carbocycles. The number of anilines is 2. The third-order valence-corrected chi connectivity index (χ3v) is 4.02. The smallest absolute Gasteiger partial charge is 0.225 e. The van der Waals surface area contributed by atoms with Gasteiger partial charge in [-0.3, -0.25) is 4.79 Å². The van der Waals surface area contributed by atoms with Crippen molar-refractivity contribution in [3.05, 3.63) is 11.9 Å². The lowest BCUT2D eigenvalue weighted by atomic mass is 10.2. The minimum atomic E-state index is 0.318. The summed E-state index contributed by atoms with van der Waals surface area (Å²) in [5.74, 6) is 3.27. The van der Waals surface area contributed by atoms with E-state index in [9.17, 15) is 4.79 Å². The van der Waals surface area contributed by atoms with Crippen LogP contribution in [0.4, 0.5) is 11.6 Å². The maximum absolute atomic E-state index is 12.1. The largest absolute Gasteiger partial charge is 0.370 e. The first-order chi connectivity index (χ1) is 10.2. The van der Waals surface area contributed by atoms with E-state index < -0.39 is 0 Å². The lowest BCUT2D eigenvalue weighted by molar-refractivity contribution is -0.132. The number of nitrogens with zero attached hydrogens (tertiary/aromatic N) is 4. The van der Waals surface area contributed by atoms with Crippen molar-refractivity contribution in [3.8, 4) is 0 Å². The van der Waals surface area contributed by atoms with E-state index in [0.29, 0.717) is 11.8 Å². The average Bonchev–Trinajstić information content (AvgIpc) is 3.31. The Morgan fingerprint density at radius 3 is 2.62 bits per heavy atom. The lowest BCUT2D eigenvalue weighted by Gasteiger charge is -2.35. The van der Waals surface area contributed by atoms with Crippen molar-refractivity contribution in [2.24, 2.45) is 5.92 Å². The second-order valence-electron chi connectivity index (χ2n) is 5.78. The fourth-order valence-corrected chi connectivity index (χ4v) is 2.73. The number of carbonyl (C=O) groups is 1. The van der Waals surface area contributed by atoms with Crippen LogP contribution in [0.3, 0.4) is 0 Å². The first-order valence-corrected chi connectivity index (χ1v) is 7.80. The van der Waals surface area contributed by atoms with Crippen LogP contribution in [0.2, 0.25) is 0 Å². The predicted molar refractivity (Wildman–Crippen MR) is 82.4 cm³/mol. The van der Waals surface area contributed by atoms with Crippen molar-refractivity contribution in [1.29, 1.82) is 0 Å². The summed E-state index contributed by atoms with van der Waals surface area (Å²) in [5, 5.41) is 3.24. The van der Waals surface area contributed by atoms with Crippen molar-refractivity contribution in [1.82, 2.24) is 14.9 Å². The van der Waals surface area contributed by atoms with E-state index in [-0.39, 0.29) is 0 Å². The van der Waals surface area contributed by atoms with Gasteiger partial charge in [0.2, 0.25) is 5.91 Å². The monoisotopic (exact) mass is 289 g/mol. The van der Waals surface area contributed by atoms with E-state index in [4.69, 9.17) is 0 Å². The maximum atomic E-state index is 12.1. The fraction of sp³-hybridized carbons (Fsp3) is 0.667. The number of rotatable bonds is 4. The zero-order valence-electron chi connectivity index (χ0n) is 12.8. The summed E-state index contributed by atoms with van der Waals surface area (Å²) in [6.07, 6.45) is 2.16. The van der Waals surface area contributed by atoms with Gasteiger partial charge < -0.3 is 15.1 Å². The molecule has 1 saturated carbocycles. The summed E-state index contributed by atoms with van der Waals surface area (Å²) in [5.41, 5.74) is 0. The van der Waals surface area contributed by atoms with Gasteiger partial charge in [-0.25, -0.2) is 9.97 Å². The van der Waals surface area contributed by atoms with Gasteiger partial charge >= 0.3 is 0 Å². The fourth-order valence-electron chi connectivity index (χ4n) is 2.73. The van der Waals surface area contributed by atoms with Crippen molar-refractivity contribution in [3.63, 3.8) is 0 Å². The molecule has 3 rings (SSSR count). The van der Waals surface area contributed by atoms with Crippen LogP contribution in [-0.4, -0.2) is 53.5 Å². The number of amides is 1. The minimum Gasteiger partial charge on any atom is -0.370 e. The molecule has 1 aromatic rings. The predicted octanol–water partition coefficient (Wildman–Crippen LogP) is 1.28. The number of carbonyl (C=O) groups excluding carboxylic acids is 1. The Labute approximate surface area is 125 Å². The Morgan fingerprint density at radius 1 is 1.29 bits per heavy atom. The van der Waals surface area contributed by atoms with Crippen LogP contribution in [0.25, 0.3) is 0 Å². The molecule has 0 bridgehead atoms. The summed E-state index contributed by atoms with van der Waals surface area (Å²) >= 11 is 0. The Balaban J connectivity index is 1.64. The van der Waals surface area contributed by atoms with Gasteiger partial charge in [0.1, 0.15) is 17.5 Å². The highest BCUT2D eigenvalue weighted by Gasteiger charge is 2.34. The van der Waals surface area contributed by atoms with Gasteiger partial charge in [-0.15, -0.1) is 0 Å². The molecule has 1 saturated heterocycles. The molecule has 2 heterocycles. The number of piperazine rings is 1. The van der Waals surface area contributed by atoms with E-state index in [1.54, 1.807) is 0 Å². The summed E-state index contributed by atoms with van der Waals surface area (Å²) in [6.45, 7) is 8.11. The molecule has 1 aromatic heterocycles. The van der Waals surface area contributed by atoms with Gasteiger partial charge in [0, 0.05) is 44.7 Å². The molecule has 0 atom stereocenters. The van der Waals surface area contributed by atoms with Gasteiger partial charge in [0.15, 0.2) is 0 Å². The van der Waals surface area contributed by atoms with Crippen molar-refractivity contribution < 1.29 is 4.79 Å². The van der Waals surface area contributed by atoms with Crippen molar-refractivity contribution in [2.75, 3.05) is 42.9 Å². The van der Waals surface area contributed by atoms with E-state index in [1.807, 2.05) is 17.9 Å². The molecule has 0 unspecified atom stereocenters. The van der Waals surface area contributed by atoms with Crippen molar-refractivity contribution in [2.45, 2.75) is 26.7 Å². The molecule has 0 aromatic carbocycles. The van der Waals surface area contributed by atoms with E-state index in [1.165, 1.54) is 0 Å². The van der Waals surface area contributed by atoms with Crippen LogP contribution in [0.1, 0.15) is 25.6 Å². The Bertz CT molecular complexity index is 521. The van der Waals surface area contributed by atoms with Crippen LogP contribution in [0, 0.1) is 12.8 Å². The Morgan fingerprint density at radius 2 is 2.00 bits per heavy atom. The molecule has 21 heavy (non-hydrogen) atoms. The van der Waals surface area contributed by atoms with Crippen LogP contribution >= 0.6 is 0 Å². The SMILES string of the molecule is CCNc1cc(N2CCN(C(=O)C3CC3)CC2)nc(C)n1. The molecular formula is C15H23N5O. The molecule has 6 heteroatoms. The lowest BCUT2D eigenvalue weighted by Crippen LogP contribution is -2.49. The molecule has 0 spiro atoms. The standard InChI is InChI=1S/C15H23N5O/c1-3-16-13-10-14(18-11(2)17-13)19-6-8-20(9-7-19)15(21)12-4-5-12/h10,12H,3-9H2,1-2H3,(H,16,17,18). The van der Waals surface area contributed by atoms with Gasteiger partial charge in [0.25, 0.3) is 0 Å². The van der Waals surface area contributed by atoms with Crippen molar-refractivity contribution >= 4 is 17.5 Å². The van der Waals surface area contributed by atoms with E-state index in [0.717, 1.165) is 63.0 Å². The van der Waals surface area contributed by atoms with E-state index in [2.05, 4.69) is 27.1 Å². The second-order valence-corrected chi connectivity index (χ2v) is 5.78. The molecule has 1 amide bonds. The maximum Gasteiger partial charge on any atom is 0.225 e. The van der Waals surface area contributed by atoms with Crippen LogP contribution in [0.15, 0.2) is 6.07 Å². The number of nitrogens with one attached hydrogen (secondary N) is 1. The van der Waals surface area contributed by atoms with Gasteiger partial charge in [0.05, 0.1) is 0 Å². The molecule has 6 nitrogen and oxygen atoms in total. The highest BCUT2D eigenvalue weighted by Crippen LogP contribution is 2.31. The summed E-state index contributed by atoms with van der Waals surface area (Å²) in [6, 6.07) is 1.99. The Hall–Kier alpha value is -1.85. The average molecular weight is 289 g/mol. The van der Waals surface area contributed by atoms with Crippen LogP contribution in [0.5, 0.6) is 0 Å². The molecule has 114 valence electrons. The molecule has 2 aliphatic rings. The molecule has 1 aliphatic heterocycles. The minimum absolute atomic E-state index is 0.318. The normalized spacial score (nSPS) is 18.8. The number of hydrogen-bond donors (Lipinski definition) is 1. The van der Waals surface area contributed by atoms with Gasteiger partial charge in [-0.05, 0) is 26.7 Å². The van der Waals surface area contributed by atoms with Gasteiger partial charge in [-0.2, -0.15) is 0 Å². The first-order valence-electron chi connectivity index (χ1n) is 7.80. The van der Waals surface area contributed by atoms with Crippen LogP contribution in [-0.2, 0) is 4.79 Å². The summed E-state index contributed by atoms with van der Waals surface area (Å²) in [7, 11) is 0. The molecule has 1 N–H and O–H groups in total. The zero-order valence-corrected chi connectivity index (χ0v) is 12.8. The highest BCUT2D eigenvalue weighted by molar-refractivity contribution is 5.81. The number of aromatic nitrogens is 2. The second kappa shape index (κ2) is 5.87. The highest BCUT2D eigenvalue weighted by atomic mass is 16.2.